The van der Waals surface area contributed by atoms with Gasteiger partial charge in [0.1, 0.15) is 0 Å². The van der Waals surface area contributed by atoms with E-state index in [2.05, 4.69) is 4.98 Å². The summed E-state index contributed by atoms with van der Waals surface area (Å²) < 4.78 is 0. The Morgan fingerprint density at radius 3 is 2.71 bits per heavy atom. The second kappa shape index (κ2) is 4.86. The van der Waals surface area contributed by atoms with Gasteiger partial charge in [-0.05, 0) is 30.7 Å². The van der Waals surface area contributed by atoms with E-state index < -0.39 is 0 Å². The Kier molecular flexibility index (Phi) is 3.02. The van der Waals surface area contributed by atoms with Crippen LogP contribution in [0.25, 0.3) is 22.0 Å². The highest BCUT2D eigenvalue weighted by atomic mass is 16.6. The number of aryl methyl sites for hydroxylation is 1. The number of benzene rings is 2. The van der Waals surface area contributed by atoms with Crippen molar-refractivity contribution in [1.82, 2.24) is 4.98 Å². The average Bonchev–Trinajstić information content (AvgIpc) is 2.47. The fourth-order valence-electron chi connectivity index (χ4n) is 2.44. The molecule has 0 saturated carbocycles. The molecule has 0 aliphatic heterocycles. The molecule has 0 radical (unpaired) electrons. The Hall–Kier alpha value is -2.95. The maximum Gasteiger partial charge on any atom is 0.279 e. The van der Waals surface area contributed by atoms with Gasteiger partial charge in [-0.15, -0.1) is 0 Å². The van der Waals surface area contributed by atoms with Gasteiger partial charge in [-0.1, -0.05) is 18.2 Å². The fraction of sp³-hybridized carbons (Fsp3) is 0.0625. The summed E-state index contributed by atoms with van der Waals surface area (Å²) >= 11 is 0. The third kappa shape index (κ3) is 2.18. The van der Waals surface area contributed by atoms with Gasteiger partial charge >= 0.3 is 0 Å². The van der Waals surface area contributed by atoms with Crippen molar-refractivity contribution in [2.45, 2.75) is 6.92 Å². The predicted molar refractivity (Wildman–Crippen MR) is 83.0 cm³/mol. The summed E-state index contributed by atoms with van der Waals surface area (Å²) in [6.45, 7) is 1.82. The van der Waals surface area contributed by atoms with Crippen LogP contribution in [0.4, 0.5) is 11.4 Å². The van der Waals surface area contributed by atoms with Crippen LogP contribution in [0.5, 0.6) is 0 Å². The molecule has 3 rings (SSSR count). The standard InChI is InChI=1S/C16H13N3O2/c1-10-5-6-13(15(9-10)19(20)21)16-12-3-2-4-14(17)11(12)7-8-18-16/h2-9H,17H2,1H3. The molecule has 0 amide bonds. The van der Waals surface area contributed by atoms with Gasteiger partial charge in [-0.3, -0.25) is 15.1 Å². The molecular formula is C16H13N3O2. The van der Waals surface area contributed by atoms with Gasteiger partial charge in [0.15, 0.2) is 0 Å². The second-order valence-corrected chi connectivity index (χ2v) is 4.88. The van der Waals surface area contributed by atoms with Crippen molar-refractivity contribution < 1.29 is 4.92 Å². The first-order valence-electron chi connectivity index (χ1n) is 6.46. The number of nitrogen functional groups attached to an aromatic ring is 1. The number of nitrogens with zero attached hydrogens (tertiary/aromatic N) is 2. The van der Waals surface area contributed by atoms with Gasteiger partial charge < -0.3 is 5.73 Å². The molecule has 2 N–H and O–H groups in total. The normalized spacial score (nSPS) is 10.7. The zero-order chi connectivity index (χ0) is 15.0. The van der Waals surface area contributed by atoms with Gasteiger partial charge in [0.05, 0.1) is 16.2 Å². The third-order valence-electron chi connectivity index (χ3n) is 3.44. The van der Waals surface area contributed by atoms with Crippen molar-refractivity contribution in [2.24, 2.45) is 0 Å². The minimum absolute atomic E-state index is 0.0532. The molecule has 0 fully saturated rings. The Balaban J connectivity index is 2.36. The Labute approximate surface area is 121 Å². The Morgan fingerprint density at radius 1 is 1.14 bits per heavy atom. The van der Waals surface area contributed by atoms with Gasteiger partial charge in [-0.25, -0.2) is 0 Å². The number of nitro groups is 1. The molecule has 5 nitrogen and oxygen atoms in total. The zero-order valence-electron chi connectivity index (χ0n) is 11.4. The van der Waals surface area contributed by atoms with E-state index in [9.17, 15) is 10.1 Å². The van der Waals surface area contributed by atoms with Crippen LogP contribution in [0.1, 0.15) is 5.56 Å². The first kappa shape index (κ1) is 13.1. The minimum atomic E-state index is -0.380. The number of nitro benzene ring substituents is 1. The van der Waals surface area contributed by atoms with E-state index in [1.807, 2.05) is 31.2 Å². The molecule has 3 aromatic rings. The highest BCUT2D eigenvalue weighted by Gasteiger charge is 2.18. The van der Waals surface area contributed by atoms with Crippen molar-refractivity contribution in [3.05, 3.63) is 64.3 Å². The summed E-state index contributed by atoms with van der Waals surface area (Å²) in [5, 5.41) is 13.0. The lowest BCUT2D eigenvalue weighted by Crippen LogP contribution is -1.96. The quantitative estimate of drug-likeness (QED) is 0.440. The molecule has 21 heavy (non-hydrogen) atoms. The molecule has 0 atom stereocenters. The van der Waals surface area contributed by atoms with Crippen molar-refractivity contribution in [2.75, 3.05) is 5.73 Å². The van der Waals surface area contributed by atoms with Crippen LogP contribution in [-0.4, -0.2) is 9.91 Å². The van der Waals surface area contributed by atoms with E-state index in [0.717, 1.165) is 16.3 Å². The number of hydrogen-bond acceptors (Lipinski definition) is 4. The van der Waals surface area contributed by atoms with E-state index in [1.165, 1.54) is 0 Å². The third-order valence-corrected chi connectivity index (χ3v) is 3.44. The molecule has 1 heterocycles. The zero-order valence-corrected chi connectivity index (χ0v) is 11.4. The number of rotatable bonds is 2. The molecule has 1 aromatic heterocycles. The Morgan fingerprint density at radius 2 is 1.95 bits per heavy atom. The monoisotopic (exact) mass is 279 g/mol. The van der Waals surface area contributed by atoms with Gasteiger partial charge in [0.25, 0.3) is 5.69 Å². The number of hydrogen-bond donors (Lipinski definition) is 1. The summed E-state index contributed by atoms with van der Waals surface area (Å²) in [6.07, 6.45) is 1.62. The number of anilines is 1. The average molecular weight is 279 g/mol. The predicted octanol–water partition coefficient (Wildman–Crippen LogP) is 3.70. The molecule has 104 valence electrons. The molecule has 0 bridgehead atoms. The maximum absolute atomic E-state index is 11.3. The van der Waals surface area contributed by atoms with Gasteiger partial charge in [0, 0.05) is 28.7 Å². The smallest absolute Gasteiger partial charge is 0.279 e. The van der Waals surface area contributed by atoms with Crippen LogP contribution < -0.4 is 5.73 Å². The molecule has 5 heteroatoms. The number of fused-ring (bicyclic) bond motifs is 1. The molecular weight excluding hydrogens is 266 g/mol. The lowest BCUT2D eigenvalue weighted by atomic mass is 10.0. The van der Waals surface area contributed by atoms with Crippen LogP contribution in [0, 0.1) is 17.0 Å². The summed E-state index contributed by atoms with van der Waals surface area (Å²) in [4.78, 5) is 15.3. The topological polar surface area (TPSA) is 82.0 Å². The summed E-state index contributed by atoms with van der Waals surface area (Å²) in [5.74, 6) is 0. The fourth-order valence-corrected chi connectivity index (χ4v) is 2.44. The highest BCUT2D eigenvalue weighted by molar-refractivity contribution is 6.01. The first-order chi connectivity index (χ1) is 10.1. The number of nitrogens with two attached hydrogens (primary N) is 1. The van der Waals surface area contributed by atoms with E-state index in [4.69, 9.17) is 5.73 Å². The minimum Gasteiger partial charge on any atom is -0.398 e. The molecule has 0 aliphatic carbocycles. The van der Waals surface area contributed by atoms with Crippen LogP contribution in [-0.2, 0) is 0 Å². The Bertz CT molecular complexity index is 859. The van der Waals surface area contributed by atoms with Crippen LogP contribution >= 0.6 is 0 Å². The summed E-state index contributed by atoms with van der Waals surface area (Å²) in [6, 6.07) is 12.4. The molecule has 0 saturated heterocycles. The van der Waals surface area contributed by atoms with Crippen LogP contribution in [0.3, 0.4) is 0 Å². The number of aromatic nitrogens is 1. The van der Waals surface area contributed by atoms with Crippen molar-refractivity contribution in [1.29, 1.82) is 0 Å². The van der Waals surface area contributed by atoms with E-state index >= 15 is 0 Å². The van der Waals surface area contributed by atoms with Gasteiger partial charge in [0.2, 0.25) is 0 Å². The molecule has 0 spiro atoms. The van der Waals surface area contributed by atoms with Crippen molar-refractivity contribution in [3.8, 4) is 11.3 Å². The summed E-state index contributed by atoms with van der Waals surface area (Å²) in [5.41, 5.74) is 8.56. The van der Waals surface area contributed by atoms with E-state index in [0.29, 0.717) is 16.9 Å². The van der Waals surface area contributed by atoms with Crippen molar-refractivity contribution in [3.63, 3.8) is 0 Å². The lowest BCUT2D eigenvalue weighted by molar-refractivity contribution is -0.384. The molecule has 2 aromatic carbocycles. The van der Waals surface area contributed by atoms with Gasteiger partial charge in [-0.2, -0.15) is 0 Å². The maximum atomic E-state index is 11.3. The van der Waals surface area contributed by atoms with Crippen molar-refractivity contribution >= 4 is 22.1 Å². The molecule has 0 unspecified atom stereocenters. The van der Waals surface area contributed by atoms with E-state index in [1.54, 1.807) is 24.4 Å². The number of pyridine rings is 1. The summed E-state index contributed by atoms with van der Waals surface area (Å²) in [7, 11) is 0. The van der Waals surface area contributed by atoms with Crippen LogP contribution in [0.15, 0.2) is 48.7 Å². The van der Waals surface area contributed by atoms with Crippen LogP contribution in [0.2, 0.25) is 0 Å². The largest absolute Gasteiger partial charge is 0.398 e. The van der Waals surface area contributed by atoms with E-state index in [-0.39, 0.29) is 10.6 Å². The SMILES string of the molecule is Cc1ccc(-c2nccc3c(N)cccc23)c([N+](=O)[O-])c1. The first-order valence-corrected chi connectivity index (χ1v) is 6.46. The highest BCUT2D eigenvalue weighted by Crippen LogP contribution is 2.35. The molecule has 0 aliphatic rings. The lowest BCUT2D eigenvalue weighted by Gasteiger charge is -2.08. The second-order valence-electron chi connectivity index (χ2n) is 4.88.